The van der Waals surface area contributed by atoms with Crippen LogP contribution in [-0.4, -0.2) is 34.3 Å². The minimum Gasteiger partial charge on any atom is -0.335 e. The summed E-state index contributed by atoms with van der Waals surface area (Å²) in [5.41, 5.74) is 1.66. The van der Waals surface area contributed by atoms with Gasteiger partial charge in [-0.25, -0.2) is 0 Å². The van der Waals surface area contributed by atoms with E-state index in [1.165, 1.54) is 11.9 Å². The van der Waals surface area contributed by atoms with Crippen LogP contribution in [0.15, 0.2) is 53.4 Å². The molecule has 3 rings (SSSR count). The summed E-state index contributed by atoms with van der Waals surface area (Å²) in [6.07, 6.45) is 1.67. The molecule has 0 spiro atoms. The molecule has 8 heteroatoms. The van der Waals surface area contributed by atoms with E-state index in [0.717, 1.165) is 22.6 Å². The average molecular weight is 502 g/mol. The number of halogens is 1. The third kappa shape index (κ3) is 7.43. The molecule has 2 unspecified atom stereocenters. The van der Waals surface area contributed by atoms with Crippen molar-refractivity contribution in [2.24, 2.45) is 5.92 Å². The fourth-order valence-corrected chi connectivity index (χ4v) is 5.37. The molecule has 1 fully saturated rings. The minimum absolute atomic E-state index is 0.00913. The molecule has 0 aliphatic carbocycles. The van der Waals surface area contributed by atoms with Crippen molar-refractivity contribution in [2.75, 3.05) is 12.3 Å². The van der Waals surface area contributed by atoms with E-state index in [0.29, 0.717) is 28.8 Å². The molecule has 0 bridgehead atoms. The number of thioether (sulfide) groups is 1. The lowest BCUT2D eigenvalue weighted by Gasteiger charge is -2.39. The average Bonchev–Trinajstić information content (AvgIpc) is 2.81. The van der Waals surface area contributed by atoms with Crippen molar-refractivity contribution in [3.8, 4) is 6.07 Å². The molecule has 1 saturated heterocycles. The molecular formula is C25H28ClN3O2S2. The van der Waals surface area contributed by atoms with E-state index >= 15 is 0 Å². The quantitative estimate of drug-likeness (QED) is 0.436. The van der Waals surface area contributed by atoms with Crippen molar-refractivity contribution >= 4 is 47.1 Å². The van der Waals surface area contributed by atoms with E-state index in [9.17, 15) is 9.59 Å². The first kappa shape index (κ1) is 25.5. The minimum atomic E-state index is -0.320. The van der Waals surface area contributed by atoms with Crippen LogP contribution < -0.4 is 4.72 Å². The van der Waals surface area contributed by atoms with Gasteiger partial charge in [-0.1, -0.05) is 37.6 Å². The molecule has 0 aromatic heterocycles. The summed E-state index contributed by atoms with van der Waals surface area (Å²) in [5.74, 6) is 0.424. The van der Waals surface area contributed by atoms with Gasteiger partial charge in [-0.15, -0.1) is 0 Å². The number of benzene rings is 2. The highest BCUT2D eigenvalue weighted by Crippen LogP contribution is 2.36. The second kappa shape index (κ2) is 12.4. The van der Waals surface area contributed by atoms with Gasteiger partial charge in [-0.05, 0) is 72.0 Å². The summed E-state index contributed by atoms with van der Waals surface area (Å²) in [7, 11) is 0. The van der Waals surface area contributed by atoms with Gasteiger partial charge >= 0.3 is 0 Å². The van der Waals surface area contributed by atoms with Crippen molar-refractivity contribution in [3.63, 3.8) is 0 Å². The molecule has 1 aliphatic heterocycles. The number of hydrogen-bond donors (Lipinski definition) is 1. The van der Waals surface area contributed by atoms with Crippen LogP contribution in [0.1, 0.15) is 50.3 Å². The number of piperidine rings is 1. The fourth-order valence-electron chi connectivity index (χ4n) is 3.88. The topological polar surface area (TPSA) is 73.2 Å². The largest absolute Gasteiger partial charge is 0.335 e. The Morgan fingerprint density at radius 2 is 1.88 bits per heavy atom. The Bertz CT molecular complexity index is 990. The monoisotopic (exact) mass is 501 g/mol. The lowest BCUT2D eigenvalue weighted by Crippen LogP contribution is -2.45. The zero-order valence-electron chi connectivity index (χ0n) is 18.8. The Kier molecular flexibility index (Phi) is 9.54. The lowest BCUT2D eigenvalue weighted by molar-refractivity contribution is -0.144. The van der Waals surface area contributed by atoms with Crippen LogP contribution in [0.3, 0.4) is 0 Å². The molecule has 2 aromatic carbocycles. The third-order valence-corrected chi connectivity index (χ3v) is 7.71. The molecule has 5 nitrogen and oxygen atoms in total. The summed E-state index contributed by atoms with van der Waals surface area (Å²) in [6, 6.07) is 16.8. The van der Waals surface area contributed by atoms with E-state index in [1.54, 1.807) is 24.3 Å². The standard InChI is InChI=1S/C25H28ClN3O2S2/c1-17(2)32-14-13-29-23(19-5-8-21(26)9-6-19)12-7-20(25(29)31)15-24(30)28-33-22-10-3-18(16-27)4-11-22/h3-6,8-11,17,20,23H,7,12-15H2,1-2H3,(H,28,30). The third-order valence-electron chi connectivity index (χ3n) is 5.53. The second-order valence-corrected chi connectivity index (χ2v) is 11.3. The molecule has 1 aliphatic rings. The molecule has 1 N–H and O–H groups in total. The van der Waals surface area contributed by atoms with Gasteiger partial charge in [-0.2, -0.15) is 17.0 Å². The number of nitrogens with one attached hydrogen (secondary N) is 1. The van der Waals surface area contributed by atoms with Crippen LogP contribution in [0.5, 0.6) is 0 Å². The lowest BCUT2D eigenvalue weighted by atomic mass is 9.86. The predicted octanol–water partition coefficient (Wildman–Crippen LogP) is 5.85. The number of rotatable bonds is 9. The van der Waals surface area contributed by atoms with Crippen LogP contribution in [0, 0.1) is 17.2 Å². The maximum atomic E-state index is 13.4. The van der Waals surface area contributed by atoms with E-state index in [2.05, 4.69) is 24.6 Å². The molecule has 0 saturated carbocycles. The number of hydrogen-bond acceptors (Lipinski definition) is 5. The van der Waals surface area contributed by atoms with Gasteiger partial charge in [0.05, 0.1) is 17.7 Å². The molecule has 174 valence electrons. The van der Waals surface area contributed by atoms with Crippen molar-refractivity contribution in [1.29, 1.82) is 5.26 Å². The number of nitriles is 1. The Hall–Kier alpha value is -2.14. The van der Waals surface area contributed by atoms with E-state index < -0.39 is 0 Å². The summed E-state index contributed by atoms with van der Waals surface area (Å²) in [4.78, 5) is 28.8. The highest BCUT2D eigenvalue weighted by molar-refractivity contribution is 7.99. The highest BCUT2D eigenvalue weighted by Gasteiger charge is 2.36. The smallest absolute Gasteiger partial charge is 0.230 e. The first-order valence-corrected chi connectivity index (χ1v) is 13.2. The Morgan fingerprint density at radius 1 is 1.18 bits per heavy atom. The van der Waals surface area contributed by atoms with Gasteiger partial charge in [0.2, 0.25) is 11.8 Å². The Morgan fingerprint density at radius 3 is 2.52 bits per heavy atom. The number of likely N-dealkylation sites (tertiary alicyclic amines) is 1. The van der Waals surface area contributed by atoms with Gasteiger partial charge in [0.1, 0.15) is 0 Å². The summed E-state index contributed by atoms with van der Waals surface area (Å²) < 4.78 is 2.83. The first-order chi connectivity index (χ1) is 15.9. The molecule has 0 radical (unpaired) electrons. The molecular weight excluding hydrogens is 474 g/mol. The number of amides is 2. The molecule has 1 heterocycles. The van der Waals surface area contributed by atoms with Gasteiger partial charge in [0.15, 0.2) is 0 Å². The zero-order chi connectivity index (χ0) is 23.8. The van der Waals surface area contributed by atoms with Crippen molar-refractivity contribution in [3.05, 3.63) is 64.7 Å². The SMILES string of the molecule is CC(C)SCCN1C(=O)C(CC(=O)NSc2ccc(C#N)cc2)CCC1c1ccc(Cl)cc1. The number of carbonyl (C=O) groups excluding carboxylic acids is 2. The number of carbonyl (C=O) groups is 2. The van der Waals surface area contributed by atoms with Crippen LogP contribution in [-0.2, 0) is 9.59 Å². The maximum absolute atomic E-state index is 13.4. The van der Waals surface area contributed by atoms with Crippen molar-refractivity contribution < 1.29 is 9.59 Å². The molecule has 2 amide bonds. The Balaban J connectivity index is 1.62. The highest BCUT2D eigenvalue weighted by atomic mass is 35.5. The van der Waals surface area contributed by atoms with Crippen LogP contribution in [0.4, 0.5) is 0 Å². The van der Waals surface area contributed by atoms with Gasteiger partial charge in [-0.3, -0.25) is 14.3 Å². The van der Waals surface area contributed by atoms with Crippen LogP contribution >= 0.6 is 35.3 Å². The van der Waals surface area contributed by atoms with Crippen molar-refractivity contribution in [1.82, 2.24) is 9.62 Å². The summed E-state index contributed by atoms with van der Waals surface area (Å²) >= 11 is 9.10. The zero-order valence-corrected chi connectivity index (χ0v) is 21.2. The van der Waals surface area contributed by atoms with Crippen molar-refractivity contribution in [2.45, 2.75) is 49.3 Å². The first-order valence-electron chi connectivity index (χ1n) is 11.0. The number of nitrogens with zero attached hydrogens (tertiary/aromatic N) is 2. The van der Waals surface area contributed by atoms with Gasteiger partial charge in [0.25, 0.3) is 0 Å². The predicted molar refractivity (Wildman–Crippen MR) is 136 cm³/mol. The van der Waals surface area contributed by atoms with Crippen LogP contribution in [0.2, 0.25) is 5.02 Å². The van der Waals surface area contributed by atoms with E-state index in [1.807, 2.05) is 40.9 Å². The Labute approximate surface area is 209 Å². The molecule has 2 aromatic rings. The maximum Gasteiger partial charge on any atom is 0.230 e. The molecule has 2 atom stereocenters. The summed E-state index contributed by atoms with van der Waals surface area (Å²) in [5, 5.41) is 10.1. The van der Waals surface area contributed by atoms with Gasteiger partial charge < -0.3 is 4.90 Å². The second-order valence-electron chi connectivity index (χ2n) is 8.26. The van der Waals surface area contributed by atoms with E-state index in [4.69, 9.17) is 16.9 Å². The molecule has 33 heavy (non-hydrogen) atoms. The summed E-state index contributed by atoms with van der Waals surface area (Å²) in [6.45, 7) is 4.96. The van der Waals surface area contributed by atoms with Crippen LogP contribution in [0.25, 0.3) is 0 Å². The fraction of sp³-hybridized carbons (Fsp3) is 0.400. The normalized spacial score (nSPS) is 18.3. The van der Waals surface area contributed by atoms with Gasteiger partial charge in [0, 0.05) is 34.6 Å². The van der Waals surface area contributed by atoms with E-state index in [-0.39, 0.29) is 30.2 Å².